The van der Waals surface area contributed by atoms with Crippen LogP contribution in [-0.4, -0.2) is 37.4 Å². The smallest absolute Gasteiger partial charge is 0.399 e. The molecule has 6 atom stereocenters. The summed E-state index contributed by atoms with van der Waals surface area (Å²) in [6.07, 6.45) is 8.77. The number of esters is 2. The van der Waals surface area contributed by atoms with Crippen LogP contribution >= 0.6 is 10.0 Å². The van der Waals surface area contributed by atoms with E-state index in [1.54, 1.807) is 0 Å². The van der Waals surface area contributed by atoms with Gasteiger partial charge in [0.25, 0.3) is 0 Å². The maximum absolute atomic E-state index is 12.3. The molecular weight excluding hydrogens is 463 g/mol. The molecule has 1 unspecified atom stereocenters. The standard InChI is InChI=1S/C24H40O4.2C2H5.Al.ClH/c1-15(2)19-9-7-17(5)13-21(19)27-23(25)11-12-24(26)28-22-14-18(6)8-10-20(22)16(3)4;2*1-2;;/h11-12,15-22H,7-10,13-14H2,1-6H3;2*1H2,2H3;;1H/q;;;+1;/p-1/b12-11+;;;;/t17-,18-,19+,20+,21-,22?;;;;/m1..../s1. The van der Waals surface area contributed by atoms with E-state index in [2.05, 4.69) is 55.4 Å². The van der Waals surface area contributed by atoms with Gasteiger partial charge >= 0.3 is 25.2 Å². The number of hydrogen-bond acceptors (Lipinski definition) is 4. The van der Waals surface area contributed by atoms with Crippen LogP contribution in [0.5, 0.6) is 0 Å². The fourth-order valence-electron chi connectivity index (χ4n) is 5.30. The number of rotatable bonds is 8. The van der Waals surface area contributed by atoms with E-state index in [0.717, 1.165) is 25.7 Å². The molecule has 2 saturated carbocycles. The van der Waals surface area contributed by atoms with Crippen LogP contribution in [0, 0.1) is 35.5 Å². The number of carbonyl (C=O) groups is 2. The molecule has 0 aromatic carbocycles. The molecule has 0 spiro atoms. The average Bonchev–Trinajstić information content (AvgIpc) is 2.77. The summed E-state index contributed by atoms with van der Waals surface area (Å²) in [6, 6.07) is 0. The van der Waals surface area contributed by atoms with Gasteiger partial charge in [0.15, 0.2) is 0 Å². The van der Waals surface area contributed by atoms with Gasteiger partial charge in [-0.2, -0.15) is 0 Å². The molecule has 2 aliphatic carbocycles. The van der Waals surface area contributed by atoms with E-state index in [1.807, 2.05) is 0 Å². The lowest BCUT2D eigenvalue weighted by Gasteiger charge is -2.36. The van der Waals surface area contributed by atoms with Gasteiger partial charge in [-0.15, -0.1) is 0 Å². The van der Waals surface area contributed by atoms with Crippen LogP contribution in [0.2, 0.25) is 10.6 Å². The Balaban J connectivity index is 0.000000852. The normalized spacial score (nSPS) is 29.5. The Kier molecular flexibility index (Phi) is 15.1. The van der Waals surface area contributed by atoms with E-state index in [9.17, 15) is 9.59 Å². The van der Waals surface area contributed by atoms with Gasteiger partial charge in [0.05, 0.1) is 0 Å². The Bertz CT molecular complexity index is 584. The maximum atomic E-state index is 12.3. The summed E-state index contributed by atoms with van der Waals surface area (Å²) in [4.78, 5) is 24.6. The molecule has 0 N–H and O–H groups in total. The number of ether oxygens (including phenoxy) is 2. The van der Waals surface area contributed by atoms with Gasteiger partial charge in [-0.1, -0.05) is 78.8 Å². The van der Waals surface area contributed by atoms with Crippen molar-refractivity contribution in [3.05, 3.63) is 12.2 Å². The van der Waals surface area contributed by atoms with Crippen LogP contribution in [0.15, 0.2) is 12.2 Å². The van der Waals surface area contributed by atoms with Crippen molar-refractivity contribution in [3.63, 3.8) is 0 Å². The minimum atomic E-state index is -0.688. The highest BCUT2D eigenvalue weighted by Gasteiger charge is 2.34. The Hall–Kier alpha value is -0.498. The van der Waals surface area contributed by atoms with Crippen molar-refractivity contribution in [2.24, 2.45) is 35.5 Å². The van der Waals surface area contributed by atoms with Gasteiger partial charge in [-0.25, -0.2) is 9.59 Å². The molecule has 4 nitrogen and oxygen atoms in total. The molecule has 196 valence electrons. The van der Waals surface area contributed by atoms with Crippen molar-refractivity contribution < 1.29 is 19.1 Å². The van der Waals surface area contributed by atoms with Crippen molar-refractivity contribution >= 4 is 35.2 Å². The topological polar surface area (TPSA) is 52.6 Å². The molecular formula is C28H50AlClO4. The molecule has 6 heteroatoms. The van der Waals surface area contributed by atoms with E-state index in [0.29, 0.717) is 35.5 Å². The van der Waals surface area contributed by atoms with E-state index < -0.39 is 25.2 Å². The second-order valence-electron chi connectivity index (χ2n) is 11.3. The summed E-state index contributed by atoms with van der Waals surface area (Å²) in [7, 11) is 5.79. The van der Waals surface area contributed by atoms with Crippen LogP contribution in [0.1, 0.15) is 93.9 Å². The van der Waals surface area contributed by atoms with Gasteiger partial charge in [0, 0.05) is 12.2 Å². The van der Waals surface area contributed by atoms with Crippen molar-refractivity contribution in [1.29, 1.82) is 0 Å². The van der Waals surface area contributed by atoms with E-state index >= 15 is 0 Å². The Labute approximate surface area is 218 Å². The zero-order valence-electron chi connectivity index (χ0n) is 23.0. The molecule has 0 aromatic heterocycles. The van der Waals surface area contributed by atoms with Gasteiger partial charge in [-0.3, -0.25) is 10.0 Å². The monoisotopic (exact) mass is 512 g/mol. The second-order valence-corrected chi connectivity index (χ2v) is 16.0. The lowest BCUT2D eigenvalue weighted by molar-refractivity contribution is -0.152. The van der Waals surface area contributed by atoms with Gasteiger partial charge in [-0.05, 0) is 61.2 Å². The van der Waals surface area contributed by atoms with Crippen LogP contribution in [0.4, 0.5) is 0 Å². The van der Waals surface area contributed by atoms with Crippen LogP contribution < -0.4 is 0 Å². The lowest BCUT2D eigenvalue weighted by atomic mass is 9.75. The first kappa shape index (κ1) is 31.5. The third-order valence-electron chi connectivity index (χ3n) is 7.70. The highest BCUT2D eigenvalue weighted by atomic mass is 35.6. The summed E-state index contributed by atoms with van der Waals surface area (Å²) >= 11 is -0.688. The summed E-state index contributed by atoms with van der Waals surface area (Å²) in [6.45, 7) is 17.5. The maximum Gasteiger partial charge on any atom is 0.399 e. The first-order valence-corrected chi connectivity index (χ1v) is 17.1. The molecule has 2 rings (SSSR count). The molecule has 0 aliphatic heterocycles. The molecule has 0 amide bonds. The highest BCUT2D eigenvalue weighted by molar-refractivity contribution is 7.06. The molecule has 0 saturated heterocycles. The summed E-state index contributed by atoms with van der Waals surface area (Å²) in [5.41, 5.74) is 0. The summed E-state index contributed by atoms with van der Waals surface area (Å²) in [5, 5.41) is 2.47. The predicted molar refractivity (Wildman–Crippen MR) is 144 cm³/mol. The third-order valence-corrected chi connectivity index (χ3v) is 11.3. The van der Waals surface area contributed by atoms with Crippen molar-refractivity contribution in [1.82, 2.24) is 0 Å². The largest absolute Gasteiger partial charge is 0.459 e. The van der Waals surface area contributed by atoms with E-state index in [-0.39, 0.29) is 12.2 Å². The fourth-order valence-corrected chi connectivity index (χ4v) is 5.88. The zero-order valence-corrected chi connectivity index (χ0v) is 24.9. The van der Waals surface area contributed by atoms with Crippen LogP contribution in [0.3, 0.4) is 0 Å². The van der Waals surface area contributed by atoms with Crippen molar-refractivity contribution in [2.45, 2.75) is 117 Å². The van der Waals surface area contributed by atoms with Gasteiger partial charge in [0.1, 0.15) is 12.2 Å². The van der Waals surface area contributed by atoms with Gasteiger partial charge < -0.3 is 9.47 Å². The molecule has 2 fully saturated rings. The molecule has 34 heavy (non-hydrogen) atoms. The van der Waals surface area contributed by atoms with Gasteiger partial charge in [0.2, 0.25) is 0 Å². The number of halogens is 1. The molecule has 2 aliphatic rings. The lowest BCUT2D eigenvalue weighted by Crippen LogP contribution is -2.36. The number of hydrogen-bond donors (Lipinski definition) is 0. The van der Waals surface area contributed by atoms with Crippen LogP contribution in [0.25, 0.3) is 0 Å². The van der Waals surface area contributed by atoms with Crippen LogP contribution in [-0.2, 0) is 19.1 Å². The zero-order chi connectivity index (χ0) is 25.8. The Morgan fingerprint density at radius 2 is 1.15 bits per heavy atom. The van der Waals surface area contributed by atoms with E-state index in [4.69, 9.17) is 19.5 Å². The summed E-state index contributed by atoms with van der Waals surface area (Å²) in [5.74, 6) is 2.05. The molecule has 0 heterocycles. The van der Waals surface area contributed by atoms with Crippen molar-refractivity contribution in [3.8, 4) is 0 Å². The SMILES string of the molecule is CC(C)[C@@H]1CC[C@@H](C)CC1OC(=O)/C=C/C(=O)O[C@@H]1C[C@H](C)CC[C@H]1C(C)C.C[CH2][Al]([Cl])[CH2]C. The Morgan fingerprint density at radius 3 is 1.41 bits per heavy atom. The minimum Gasteiger partial charge on any atom is -0.459 e. The first-order valence-electron chi connectivity index (χ1n) is 13.7. The minimum absolute atomic E-state index is 0.0542. The fraction of sp³-hybridized carbons (Fsp3) is 0.857. The molecule has 0 aromatic rings. The van der Waals surface area contributed by atoms with Crippen molar-refractivity contribution in [2.75, 3.05) is 0 Å². The highest BCUT2D eigenvalue weighted by Crippen LogP contribution is 2.36. The average molecular weight is 513 g/mol. The second kappa shape index (κ2) is 16.3. The molecule has 0 radical (unpaired) electrons. The number of carbonyl (C=O) groups excluding carboxylic acids is 2. The first-order chi connectivity index (χ1) is 16.0. The Morgan fingerprint density at radius 1 is 0.794 bits per heavy atom. The third kappa shape index (κ3) is 11.5. The quantitative estimate of drug-likeness (QED) is 0.189. The molecule has 0 bridgehead atoms. The summed E-state index contributed by atoms with van der Waals surface area (Å²) < 4.78 is 11.4. The van der Waals surface area contributed by atoms with E-state index in [1.165, 1.54) is 35.6 Å². The predicted octanol–water partition coefficient (Wildman–Crippen LogP) is 7.81.